The molecule has 1 amide bonds. The molecule has 0 aromatic carbocycles. The lowest BCUT2D eigenvalue weighted by atomic mass is 9.96. The average Bonchev–Trinajstić information content (AvgIpc) is 2.45. The molecule has 1 atom stereocenters. The summed E-state index contributed by atoms with van der Waals surface area (Å²) in [6.45, 7) is 12.0. The fraction of sp³-hybridized carbons (Fsp3) is 0.800. The number of carbonyl (C=O) groups excluding carboxylic acids is 1. The van der Waals surface area contributed by atoms with Crippen LogP contribution in [0, 0.1) is 5.92 Å². The summed E-state index contributed by atoms with van der Waals surface area (Å²) in [7, 11) is 0. The number of ether oxygens (including phenoxy) is 1. The third kappa shape index (κ3) is 6.73. The Hall–Kier alpha value is -0.580. The topological polar surface area (TPSA) is 41.6 Å². The van der Waals surface area contributed by atoms with Gasteiger partial charge in [0.1, 0.15) is 6.10 Å². The van der Waals surface area contributed by atoms with Gasteiger partial charge in [-0.2, -0.15) is 0 Å². The van der Waals surface area contributed by atoms with Crippen LogP contribution < -0.4 is 5.32 Å². The minimum absolute atomic E-state index is 0. The number of nitrogens with one attached hydrogen (secondary N) is 1. The summed E-state index contributed by atoms with van der Waals surface area (Å²) in [5, 5.41) is 3.38. The van der Waals surface area contributed by atoms with Crippen molar-refractivity contribution in [2.24, 2.45) is 5.92 Å². The van der Waals surface area contributed by atoms with E-state index in [1.54, 1.807) is 0 Å². The summed E-state index contributed by atoms with van der Waals surface area (Å²) in [5.74, 6) is 0.840. The molecule has 118 valence electrons. The van der Waals surface area contributed by atoms with E-state index in [4.69, 9.17) is 4.74 Å². The first kappa shape index (κ1) is 19.4. The van der Waals surface area contributed by atoms with Crippen LogP contribution in [-0.4, -0.2) is 49.7 Å². The summed E-state index contributed by atoms with van der Waals surface area (Å²) in [4.78, 5) is 14.1. The number of likely N-dealkylation sites (tertiary alicyclic amines) is 1. The summed E-state index contributed by atoms with van der Waals surface area (Å²) in [6, 6.07) is 0. The maximum atomic E-state index is 12.2. The molecule has 0 radical (unpaired) electrons. The van der Waals surface area contributed by atoms with Crippen LogP contribution in [0.5, 0.6) is 0 Å². The van der Waals surface area contributed by atoms with Crippen LogP contribution in [0.2, 0.25) is 0 Å². The third-order valence-corrected chi connectivity index (χ3v) is 3.65. The van der Waals surface area contributed by atoms with Crippen molar-refractivity contribution in [2.75, 3.05) is 32.8 Å². The Morgan fingerprint density at radius 3 is 2.70 bits per heavy atom. The van der Waals surface area contributed by atoms with Crippen molar-refractivity contribution in [1.82, 2.24) is 10.2 Å². The van der Waals surface area contributed by atoms with Crippen molar-refractivity contribution in [3.8, 4) is 0 Å². The number of halogens is 1. The van der Waals surface area contributed by atoms with Gasteiger partial charge in [0.2, 0.25) is 0 Å². The van der Waals surface area contributed by atoms with Crippen molar-refractivity contribution in [3.05, 3.63) is 12.7 Å². The molecular formula is C15H29ClN2O2. The molecular weight excluding hydrogens is 276 g/mol. The first-order chi connectivity index (χ1) is 9.19. The van der Waals surface area contributed by atoms with E-state index in [2.05, 4.69) is 18.8 Å². The molecule has 0 aromatic rings. The van der Waals surface area contributed by atoms with E-state index in [9.17, 15) is 4.79 Å². The fourth-order valence-electron chi connectivity index (χ4n) is 2.36. The van der Waals surface area contributed by atoms with Crippen LogP contribution in [0.4, 0.5) is 0 Å². The molecule has 0 aliphatic carbocycles. The van der Waals surface area contributed by atoms with Crippen LogP contribution in [0.3, 0.4) is 0 Å². The summed E-state index contributed by atoms with van der Waals surface area (Å²) in [6.07, 6.45) is 4.47. The van der Waals surface area contributed by atoms with Gasteiger partial charge >= 0.3 is 0 Å². The zero-order valence-corrected chi connectivity index (χ0v) is 13.6. The van der Waals surface area contributed by atoms with Crippen LogP contribution in [0.15, 0.2) is 12.7 Å². The van der Waals surface area contributed by atoms with E-state index < -0.39 is 0 Å². The first-order valence-corrected chi connectivity index (χ1v) is 7.41. The van der Waals surface area contributed by atoms with Crippen molar-refractivity contribution in [3.63, 3.8) is 0 Å². The number of hydrogen-bond acceptors (Lipinski definition) is 3. The number of amides is 1. The maximum Gasteiger partial charge on any atom is 0.251 e. The van der Waals surface area contributed by atoms with E-state index >= 15 is 0 Å². The van der Waals surface area contributed by atoms with Crippen LogP contribution >= 0.6 is 12.4 Å². The Morgan fingerprint density at radius 1 is 1.50 bits per heavy atom. The van der Waals surface area contributed by atoms with Gasteiger partial charge in [-0.3, -0.25) is 4.79 Å². The van der Waals surface area contributed by atoms with Gasteiger partial charge in [-0.05, 0) is 45.2 Å². The molecule has 0 saturated carbocycles. The van der Waals surface area contributed by atoms with Gasteiger partial charge in [0.15, 0.2) is 0 Å². The number of rotatable bonds is 8. The van der Waals surface area contributed by atoms with Crippen molar-refractivity contribution in [1.29, 1.82) is 0 Å². The van der Waals surface area contributed by atoms with Gasteiger partial charge in [-0.15, -0.1) is 19.0 Å². The SMILES string of the molecule is C=CCCOC(C)C(=O)N1CCC(CNCC)CC1.Cl. The molecule has 1 heterocycles. The highest BCUT2D eigenvalue weighted by Gasteiger charge is 2.25. The lowest BCUT2D eigenvalue weighted by Crippen LogP contribution is -2.45. The normalized spacial score (nSPS) is 17.4. The fourth-order valence-corrected chi connectivity index (χ4v) is 2.36. The molecule has 1 N–H and O–H groups in total. The second kappa shape index (κ2) is 11.1. The predicted molar refractivity (Wildman–Crippen MR) is 85.3 cm³/mol. The van der Waals surface area contributed by atoms with Gasteiger partial charge < -0.3 is 15.0 Å². The molecule has 0 aromatic heterocycles. The second-order valence-corrected chi connectivity index (χ2v) is 5.17. The average molecular weight is 305 g/mol. The summed E-state index contributed by atoms with van der Waals surface area (Å²) in [5.41, 5.74) is 0. The lowest BCUT2D eigenvalue weighted by Gasteiger charge is -2.33. The molecule has 1 aliphatic heterocycles. The minimum Gasteiger partial charge on any atom is -0.368 e. The highest BCUT2D eigenvalue weighted by molar-refractivity contribution is 5.85. The summed E-state index contributed by atoms with van der Waals surface area (Å²) < 4.78 is 5.51. The second-order valence-electron chi connectivity index (χ2n) is 5.17. The molecule has 0 bridgehead atoms. The molecule has 5 heteroatoms. The Labute approximate surface area is 129 Å². The van der Waals surface area contributed by atoms with Crippen molar-refractivity contribution >= 4 is 18.3 Å². The highest BCUT2D eigenvalue weighted by Crippen LogP contribution is 2.17. The molecule has 0 spiro atoms. The largest absolute Gasteiger partial charge is 0.368 e. The molecule has 1 rings (SSSR count). The first-order valence-electron chi connectivity index (χ1n) is 7.41. The van der Waals surface area contributed by atoms with Gasteiger partial charge in [0.25, 0.3) is 5.91 Å². The molecule has 1 unspecified atom stereocenters. The third-order valence-electron chi connectivity index (χ3n) is 3.65. The monoisotopic (exact) mass is 304 g/mol. The van der Waals surface area contributed by atoms with Gasteiger partial charge in [0, 0.05) is 13.1 Å². The predicted octanol–water partition coefficient (Wildman–Crippen LogP) is 2.24. The zero-order valence-electron chi connectivity index (χ0n) is 12.8. The molecule has 20 heavy (non-hydrogen) atoms. The van der Waals surface area contributed by atoms with E-state index in [0.29, 0.717) is 12.5 Å². The van der Waals surface area contributed by atoms with Crippen LogP contribution in [0.1, 0.15) is 33.1 Å². The zero-order chi connectivity index (χ0) is 14.1. The summed E-state index contributed by atoms with van der Waals surface area (Å²) >= 11 is 0. The lowest BCUT2D eigenvalue weighted by molar-refractivity contribution is -0.144. The number of nitrogens with zero attached hydrogens (tertiary/aromatic N) is 1. The van der Waals surface area contributed by atoms with Gasteiger partial charge in [-0.25, -0.2) is 0 Å². The quantitative estimate of drug-likeness (QED) is 0.552. The Bertz CT molecular complexity index is 279. The number of hydrogen-bond donors (Lipinski definition) is 1. The van der Waals surface area contributed by atoms with E-state index in [1.807, 2.05) is 17.9 Å². The Morgan fingerprint density at radius 2 is 2.15 bits per heavy atom. The number of carbonyl (C=O) groups is 1. The number of piperidine rings is 1. The smallest absolute Gasteiger partial charge is 0.251 e. The van der Waals surface area contributed by atoms with Crippen molar-refractivity contribution in [2.45, 2.75) is 39.2 Å². The molecule has 1 saturated heterocycles. The maximum absolute atomic E-state index is 12.2. The highest BCUT2D eigenvalue weighted by atomic mass is 35.5. The molecule has 4 nitrogen and oxygen atoms in total. The minimum atomic E-state index is -0.328. The Balaban J connectivity index is 0.00000361. The molecule has 1 aliphatic rings. The standard InChI is InChI=1S/C15H28N2O2.ClH/c1-4-6-11-19-13(3)15(18)17-9-7-14(8-10-17)12-16-5-2;/h4,13-14,16H,1,5-12H2,2-3H3;1H. The van der Waals surface area contributed by atoms with Crippen molar-refractivity contribution < 1.29 is 9.53 Å². The van der Waals surface area contributed by atoms with Gasteiger partial charge in [0.05, 0.1) is 6.61 Å². The van der Waals surface area contributed by atoms with E-state index in [0.717, 1.165) is 45.4 Å². The van der Waals surface area contributed by atoms with Crippen LogP contribution in [0.25, 0.3) is 0 Å². The van der Waals surface area contributed by atoms with Crippen LogP contribution in [-0.2, 0) is 9.53 Å². The molecule has 1 fully saturated rings. The van der Waals surface area contributed by atoms with E-state index in [1.165, 1.54) is 0 Å². The van der Waals surface area contributed by atoms with E-state index in [-0.39, 0.29) is 24.4 Å². The van der Waals surface area contributed by atoms with Gasteiger partial charge in [-0.1, -0.05) is 13.0 Å². The Kier molecular flexibility index (Phi) is 10.8.